The summed E-state index contributed by atoms with van der Waals surface area (Å²) < 4.78 is 0. The lowest BCUT2D eigenvalue weighted by Crippen LogP contribution is -2.32. The molecule has 0 spiro atoms. The molecule has 0 saturated carbocycles. The summed E-state index contributed by atoms with van der Waals surface area (Å²) in [6.45, 7) is 12.2. The first-order valence-corrected chi connectivity index (χ1v) is 10.8. The van der Waals surface area contributed by atoms with Crippen LogP contribution in [0.3, 0.4) is 0 Å². The van der Waals surface area contributed by atoms with Gasteiger partial charge >= 0.3 is 0 Å². The summed E-state index contributed by atoms with van der Waals surface area (Å²) in [7, 11) is 0. The smallest absolute Gasteiger partial charge is 0.270 e. The fourth-order valence-electron chi connectivity index (χ4n) is 3.36. The Morgan fingerprint density at radius 2 is 1.78 bits per heavy atom. The van der Waals surface area contributed by atoms with Gasteiger partial charge in [0.1, 0.15) is 0 Å². The fraction of sp³-hybridized carbons (Fsp3) is 0.417. The van der Waals surface area contributed by atoms with Crippen LogP contribution in [0.2, 0.25) is 0 Å². The number of nitro groups is 1. The van der Waals surface area contributed by atoms with Crippen LogP contribution < -0.4 is 15.6 Å². The second-order valence-electron chi connectivity index (χ2n) is 8.65. The summed E-state index contributed by atoms with van der Waals surface area (Å²) in [6.07, 6.45) is 1.47. The summed E-state index contributed by atoms with van der Waals surface area (Å²) in [6, 6.07) is 12.4. The molecule has 0 fully saturated rings. The van der Waals surface area contributed by atoms with E-state index in [2.05, 4.69) is 48.4 Å². The molecule has 0 bridgehead atoms. The number of nitrogens with zero attached hydrogens (tertiary/aromatic N) is 3. The molecule has 0 aliphatic rings. The maximum absolute atomic E-state index is 12.2. The van der Waals surface area contributed by atoms with Gasteiger partial charge < -0.3 is 10.2 Å². The van der Waals surface area contributed by atoms with E-state index in [0.29, 0.717) is 17.4 Å². The number of hydrogen-bond donors (Lipinski definition) is 2. The highest BCUT2D eigenvalue weighted by molar-refractivity contribution is 5.90. The summed E-state index contributed by atoms with van der Waals surface area (Å²) in [5.41, 5.74) is 5.85. The molecule has 172 valence electrons. The first-order valence-electron chi connectivity index (χ1n) is 10.8. The third-order valence-corrected chi connectivity index (χ3v) is 4.71. The molecule has 1 amide bonds. The van der Waals surface area contributed by atoms with Crippen LogP contribution in [0.5, 0.6) is 0 Å². The second kappa shape index (κ2) is 11.8. The number of aryl methyl sites for hydroxylation is 1. The lowest BCUT2D eigenvalue weighted by atomic mass is 10.1. The number of anilines is 2. The minimum absolute atomic E-state index is 0.0169. The number of nitro benzene ring substituents is 1. The Morgan fingerprint density at radius 1 is 1.12 bits per heavy atom. The Labute approximate surface area is 189 Å². The largest absolute Gasteiger partial charge is 0.376 e. The highest BCUT2D eigenvalue weighted by atomic mass is 16.6. The number of non-ortho nitro benzene ring substituents is 1. The number of carbonyl (C=O) groups excluding carboxylic acids is 1. The molecule has 8 heteroatoms. The lowest BCUT2D eigenvalue weighted by Gasteiger charge is -2.29. The van der Waals surface area contributed by atoms with Gasteiger partial charge in [0.25, 0.3) is 11.6 Å². The minimum atomic E-state index is -0.430. The van der Waals surface area contributed by atoms with Crippen LogP contribution in [0.4, 0.5) is 17.1 Å². The molecule has 32 heavy (non-hydrogen) atoms. The molecule has 0 heterocycles. The second-order valence-corrected chi connectivity index (χ2v) is 8.65. The van der Waals surface area contributed by atoms with Gasteiger partial charge in [-0.3, -0.25) is 14.9 Å². The number of para-hydroxylation sites is 1. The zero-order chi connectivity index (χ0) is 23.7. The fourth-order valence-corrected chi connectivity index (χ4v) is 3.36. The average Bonchev–Trinajstić information content (AvgIpc) is 2.72. The molecule has 0 radical (unpaired) electrons. The Bertz CT molecular complexity index is 946. The van der Waals surface area contributed by atoms with E-state index in [1.165, 1.54) is 18.3 Å². The molecule has 0 atom stereocenters. The highest BCUT2D eigenvalue weighted by Gasteiger charge is 2.17. The van der Waals surface area contributed by atoms with Crippen molar-refractivity contribution >= 4 is 29.2 Å². The minimum Gasteiger partial charge on any atom is -0.376 e. The third kappa shape index (κ3) is 7.68. The van der Waals surface area contributed by atoms with Crippen molar-refractivity contribution in [2.24, 2.45) is 16.9 Å². The normalized spacial score (nSPS) is 11.2. The molecule has 2 aromatic carbocycles. The van der Waals surface area contributed by atoms with Crippen molar-refractivity contribution < 1.29 is 9.72 Å². The van der Waals surface area contributed by atoms with E-state index in [9.17, 15) is 14.9 Å². The molecular weight excluding hydrogens is 406 g/mol. The summed E-state index contributed by atoms with van der Waals surface area (Å²) in [5, 5.41) is 18.4. The van der Waals surface area contributed by atoms with Crippen LogP contribution in [0.1, 0.15) is 38.8 Å². The molecular formula is C24H33N5O3. The van der Waals surface area contributed by atoms with Crippen molar-refractivity contribution in [1.82, 2.24) is 5.43 Å². The predicted octanol–water partition coefficient (Wildman–Crippen LogP) is 4.58. The van der Waals surface area contributed by atoms with Crippen molar-refractivity contribution in [3.8, 4) is 0 Å². The van der Waals surface area contributed by atoms with E-state index in [-0.39, 0.29) is 18.1 Å². The van der Waals surface area contributed by atoms with E-state index in [1.807, 2.05) is 31.2 Å². The van der Waals surface area contributed by atoms with Crippen molar-refractivity contribution in [2.45, 2.75) is 34.6 Å². The number of rotatable bonds is 11. The van der Waals surface area contributed by atoms with Crippen molar-refractivity contribution in [2.75, 3.05) is 29.9 Å². The van der Waals surface area contributed by atoms with E-state index in [0.717, 1.165) is 30.0 Å². The number of hydrogen-bond acceptors (Lipinski definition) is 6. The first kappa shape index (κ1) is 24.8. The SMILES string of the molecule is Cc1ccccc1NCC(=O)N/N=C\c1cc([N+](=O)[O-])ccc1N(CC(C)C)CC(C)C. The molecule has 2 N–H and O–H groups in total. The number of amides is 1. The predicted molar refractivity (Wildman–Crippen MR) is 130 cm³/mol. The molecule has 2 aromatic rings. The Balaban J connectivity index is 2.17. The van der Waals surface area contributed by atoms with Gasteiger partial charge in [-0.05, 0) is 36.5 Å². The van der Waals surface area contributed by atoms with Crippen LogP contribution in [0.15, 0.2) is 47.6 Å². The Kier molecular flexibility index (Phi) is 9.19. The van der Waals surface area contributed by atoms with Crippen LogP contribution in [0.25, 0.3) is 0 Å². The summed E-state index contributed by atoms with van der Waals surface area (Å²) >= 11 is 0. The number of benzene rings is 2. The quantitative estimate of drug-likeness (QED) is 0.303. The average molecular weight is 440 g/mol. The number of hydrazone groups is 1. The number of carbonyl (C=O) groups is 1. The number of nitrogens with one attached hydrogen (secondary N) is 2. The van der Waals surface area contributed by atoms with Crippen LogP contribution in [-0.2, 0) is 4.79 Å². The molecule has 0 saturated heterocycles. The molecule has 8 nitrogen and oxygen atoms in total. The van der Waals surface area contributed by atoms with Crippen LogP contribution in [0, 0.1) is 28.9 Å². The van der Waals surface area contributed by atoms with E-state index in [1.54, 1.807) is 6.07 Å². The summed E-state index contributed by atoms with van der Waals surface area (Å²) in [5.74, 6) is 0.527. The van der Waals surface area contributed by atoms with E-state index >= 15 is 0 Å². The van der Waals surface area contributed by atoms with E-state index < -0.39 is 4.92 Å². The highest BCUT2D eigenvalue weighted by Crippen LogP contribution is 2.26. The van der Waals surface area contributed by atoms with Crippen molar-refractivity contribution in [1.29, 1.82) is 0 Å². The molecule has 0 aliphatic heterocycles. The molecule has 0 aromatic heterocycles. The van der Waals surface area contributed by atoms with Gasteiger partial charge in [-0.2, -0.15) is 5.10 Å². The van der Waals surface area contributed by atoms with E-state index in [4.69, 9.17) is 0 Å². The Hall–Kier alpha value is -3.42. The molecule has 0 aliphatic carbocycles. The topological polar surface area (TPSA) is 99.9 Å². The van der Waals surface area contributed by atoms with Gasteiger partial charge in [-0.25, -0.2) is 5.43 Å². The van der Waals surface area contributed by atoms with Gasteiger partial charge in [0.15, 0.2) is 0 Å². The van der Waals surface area contributed by atoms with Gasteiger partial charge in [0.2, 0.25) is 0 Å². The third-order valence-electron chi connectivity index (χ3n) is 4.71. The van der Waals surface area contributed by atoms with Gasteiger partial charge in [0, 0.05) is 42.2 Å². The van der Waals surface area contributed by atoms with Gasteiger partial charge in [-0.1, -0.05) is 45.9 Å². The van der Waals surface area contributed by atoms with Crippen molar-refractivity contribution in [3.05, 3.63) is 63.7 Å². The maximum Gasteiger partial charge on any atom is 0.270 e. The van der Waals surface area contributed by atoms with Crippen LogP contribution in [-0.4, -0.2) is 36.7 Å². The van der Waals surface area contributed by atoms with Gasteiger partial charge in [0.05, 0.1) is 17.7 Å². The van der Waals surface area contributed by atoms with Crippen molar-refractivity contribution in [3.63, 3.8) is 0 Å². The lowest BCUT2D eigenvalue weighted by molar-refractivity contribution is -0.384. The molecule has 2 rings (SSSR count). The zero-order valence-electron chi connectivity index (χ0n) is 19.5. The standard InChI is InChI=1S/C24H33N5O3/c1-17(2)15-28(16-18(3)4)23-11-10-21(29(31)32)12-20(23)13-26-27-24(30)14-25-22-9-7-6-8-19(22)5/h6-13,17-18,25H,14-16H2,1-5H3,(H,27,30)/b26-13-. The first-order chi connectivity index (χ1) is 15.2. The van der Waals surface area contributed by atoms with Crippen LogP contribution >= 0.6 is 0 Å². The summed E-state index contributed by atoms with van der Waals surface area (Å²) in [4.78, 5) is 25.3. The van der Waals surface area contributed by atoms with Gasteiger partial charge in [-0.15, -0.1) is 0 Å². The zero-order valence-corrected chi connectivity index (χ0v) is 19.5. The Morgan fingerprint density at radius 3 is 2.38 bits per heavy atom. The molecule has 0 unspecified atom stereocenters. The maximum atomic E-state index is 12.2. The monoisotopic (exact) mass is 439 g/mol.